The van der Waals surface area contributed by atoms with Crippen molar-refractivity contribution in [1.29, 1.82) is 0 Å². The van der Waals surface area contributed by atoms with Crippen LogP contribution in [-0.4, -0.2) is 136 Å². The molecule has 0 saturated carbocycles. The van der Waals surface area contributed by atoms with Crippen LogP contribution in [0.3, 0.4) is 0 Å². The number of phosphoric acid groups is 3. The molecule has 5 aromatic rings. The molecule has 3 unspecified atom stereocenters. The molecule has 8 rings (SSSR count). The molecule has 3 aliphatic rings. The van der Waals surface area contributed by atoms with E-state index in [0.29, 0.717) is 11.3 Å². The molecule has 1 aromatic carbocycles. The Hall–Kier alpha value is -5.14. The van der Waals surface area contributed by atoms with Gasteiger partial charge in [-0.1, -0.05) is 47.8 Å². The average Bonchev–Trinajstić information content (AvgIpc) is 4.03. The van der Waals surface area contributed by atoms with Crippen molar-refractivity contribution in [3.63, 3.8) is 0 Å². The number of nitrogen functional groups attached to an aromatic ring is 1. The molecule has 38 heteroatoms. The molecule has 4 aromatic heterocycles. The Morgan fingerprint density at radius 3 is 2.05 bits per heavy atom. The fourth-order valence-corrected chi connectivity index (χ4v) is 10.7. The number of nitrogens with zero attached hydrogens (tertiary/aromatic N) is 6. The molecule has 11 atom stereocenters. The summed E-state index contributed by atoms with van der Waals surface area (Å²) in [5, 5.41) is 32.5. The van der Waals surface area contributed by atoms with Gasteiger partial charge in [0.25, 0.3) is 11.1 Å². The van der Waals surface area contributed by atoms with Crippen LogP contribution in [0.15, 0.2) is 46.5 Å². The number of aliphatic hydroxyl groups is 3. The van der Waals surface area contributed by atoms with Crippen LogP contribution in [0.25, 0.3) is 22.3 Å². The highest BCUT2D eigenvalue weighted by atomic mass is 35.7. The Morgan fingerprint density at radius 1 is 0.878 bits per heavy atom. The van der Waals surface area contributed by atoms with Crippen molar-refractivity contribution in [2.45, 2.75) is 85.5 Å². The maximum absolute atomic E-state index is 12.3. The van der Waals surface area contributed by atoms with E-state index in [0.717, 1.165) is 10.9 Å². The predicted molar refractivity (Wildman–Crippen MR) is 254 cm³/mol. The lowest BCUT2D eigenvalue weighted by molar-refractivity contribution is -0.153. The van der Waals surface area contributed by atoms with Crippen LogP contribution >= 0.6 is 42.4 Å². The number of anilines is 2. The lowest BCUT2D eigenvalue weighted by atomic mass is 10.0. The van der Waals surface area contributed by atoms with E-state index < -0.39 is 104 Å². The maximum atomic E-state index is 12.3. The lowest BCUT2D eigenvalue weighted by Gasteiger charge is -2.21. The molecule has 0 spiro atoms. The largest absolute Gasteiger partial charge is 0.490 e. The number of H-pyrrole nitrogens is 2. The molecule has 7 heterocycles. The van der Waals surface area contributed by atoms with Crippen LogP contribution < -0.4 is 26.7 Å². The zero-order valence-corrected chi connectivity index (χ0v) is 41.5. The Bertz CT molecular complexity index is 3100. The summed E-state index contributed by atoms with van der Waals surface area (Å²) >= 11 is 5.54. The summed E-state index contributed by atoms with van der Waals surface area (Å²) in [7, 11) is -18.4. The normalized spacial score (nSPS) is 24.8. The Morgan fingerprint density at radius 2 is 1.46 bits per heavy atom. The molecule has 0 aliphatic carbocycles. The number of hydrogen-bond acceptors (Lipinski definition) is 24. The highest BCUT2D eigenvalue weighted by Gasteiger charge is 2.48. The van der Waals surface area contributed by atoms with Gasteiger partial charge in [0.1, 0.15) is 29.6 Å². The quantitative estimate of drug-likeness (QED) is 0.0591. The van der Waals surface area contributed by atoms with Crippen molar-refractivity contribution in [1.82, 2.24) is 39.0 Å². The van der Waals surface area contributed by atoms with Gasteiger partial charge >= 0.3 is 43.1 Å². The molecule has 74 heavy (non-hydrogen) atoms. The smallest absolute Gasteiger partial charge is 0.457 e. The number of esters is 1. The van der Waals surface area contributed by atoms with E-state index >= 15 is 0 Å². The van der Waals surface area contributed by atoms with E-state index in [2.05, 4.69) is 52.9 Å². The number of aliphatic hydroxyl groups excluding tert-OH is 3. The first kappa shape index (κ1) is 61.4. The molecule has 0 radical (unpaired) electrons. The third-order valence-corrected chi connectivity index (χ3v) is 14.8. The maximum Gasteiger partial charge on any atom is 0.490 e. The van der Waals surface area contributed by atoms with Gasteiger partial charge in [0.15, 0.2) is 40.9 Å². The second-order valence-electron chi connectivity index (χ2n) is 15.5. The van der Waals surface area contributed by atoms with E-state index in [9.17, 15) is 57.9 Å². The number of amides is 1. The fraction of sp³-hybridized carbons (Fsp3) is 0.472. The van der Waals surface area contributed by atoms with Crippen molar-refractivity contribution in [2.24, 2.45) is 11.8 Å². The highest BCUT2D eigenvalue weighted by molar-refractivity contribution is 7.76. The number of aromatic amines is 2. The van der Waals surface area contributed by atoms with Gasteiger partial charge in [-0.05, 0) is 23.4 Å². The summed E-state index contributed by atoms with van der Waals surface area (Å²) in [4.78, 5) is 115. The number of imidazole rings is 2. The number of carbonyl (C=O) groups excluding carboxylic acids is 3. The van der Waals surface area contributed by atoms with E-state index in [1.54, 1.807) is 45.0 Å². The van der Waals surface area contributed by atoms with E-state index in [-0.39, 0.29) is 73.4 Å². The summed E-state index contributed by atoms with van der Waals surface area (Å²) in [5.74, 6) is -1.62. The Balaban J connectivity index is 0.000000257. The molecular weight excluding hydrogens is 1100 g/mol. The third kappa shape index (κ3) is 14.8. The molecule has 1 amide bonds. The molecule has 3 aliphatic heterocycles. The number of phosphoric ester groups is 1. The zero-order chi connectivity index (χ0) is 53.2. The van der Waals surface area contributed by atoms with Gasteiger partial charge in [0, 0.05) is 18.8 Å². The Labute approximate surface area is 422 Å². The van der Waals surface area contributed by atoms with E-state index in [1.807, 2.05) is 0 Å². The van der Waals surface area contributed by atoms with Crippen LogP contribution in [0.2, 0.25) is 0 Å². The second-order valence-corrected chi connectivity index (χ2v) is 21.5. The summed E-state index contributed by atoms with van der Waals surface area (Å²) in [6.45, 7) is 5.23. The summed E-state index contributed by atoms with van der Waals surface area (Å²) in [6.07, 6.45) is -6.07. The number of para-hydroxylation sites is 1. The predicted octanol–water partition coefficient (Wildman–Crippen LogP) is 1.81. The van der Waals surface area contributed by atoms with E-state index in [1.165, 1.54) is 17.8 Å². The zero-order valence-electron chi connectivity index (χ0n) is 37.2. The van der Waals surface area contributed by atoms with Crippen molar-refractivity contribution in [3.8, 4) is 5.75 Å². The van der Waals surface area contributed by atoms with Gasteiger partial charge in [0.05, 0.1) is 32.0 Å². The van der Waals surface area contributed by atoms with Crippen LogP contribution in [0.4, 0.5) is 11.9 Å². The number of benzene rings is 1. The molecule has 0 bridgehead atoms. The fourth-order valence-electron chi connectivity index (χ4n) is 6.70. The minimum absolute atomic E-state index is 0. The van der Waals surface area contributed by atoms with Crippen LogP contribution in [0.5, 0.6) is 5.75 Å². The monoisotopic (exact) mass is 1150 g/mol. The minimum atomic E-state index is -5.73. The van der Waals surface area contributed by atoms with Crippen molar-refractivity contribution >= 4 is 94.5 Å². The van der Waals surface area contributed by atoms with Crippen molar-refractivity contribution in [2.75, 3.05) is 24.3 Å². The Kier molecular flexibility index (Phi) is 20.5. The summed E-state index contributed by atoms with van der Waals surface area (Å²) < 4.78 is 74.1. The van der Waals surface area contributed by atoms with Gasteiger partial charge in [0.2, 0.25) is 17.8 Å². The molecule has 2 fully saturated rings. The topological polar surface area (TPSA) is 483 Å². The first-order valence-corrected chi connectivity index (χ1v) is 26.9. The number of aromatic nitrogens is 8. The number of nitrogens with two attached hydrogens (primary N) is 1. The third-order valence-electron chi connectivity index (χ3n) is 9.97. The minimum Gasteiger partial charge on any atom is -0.457 e. The first-order valence-electron chi connectivity index (χ1n) is 20.3. The first-order chi connectivity index (χ1) is 33.6. The van der Waals surface area contributed by atoms with Crippen LogP contribution in [0.1, 0.15) is 65.4 Å². The number of fused-ring (bicyclic) bond motifs is 3. The summed E-state index contributed by atoms with van der Waals surface area (Å²) in [6, 6.07) is 6.84. The number of hydrogen-bond donors (Lipinski definition) is 11. The highest BCUT2D eigenvalue weighted by Crippen LogP contribution is 2.66. The number of rotatable bonds is 13. The molecular formula is C36H51ClN10O23P4. The second kappa shape index (κ2) is 24.7. The van der Waals surface area contributed by atoms with Crippen LogP contribution in [0, 0.1) is 11.8 Å². The molecule has 12 N–H and O–H groups in total. The van der Waals surface area contributed by atoms with Gasteiger partial charge in [-0.2, -0.15) is 18.6 Å². The van der Waals surface area contributed by atoms with Crippen LogP contribution in [-0.2, 0) is 55.2 Å². The van der Waals surface area contributed by atoms with Gasteiger partial charge < -0.3 is 63.9 Å². The van der Waals surface area contributed by atoms with Gasteiger partial charge in [-0.15, -0.1) is 0 Å². The molecule has 33 nitrogen and oxygen atoms in total. The number of carbonyl (C=O) groups is 3. The van der Waals surface area contributed by atoms with Crippen molar-refractivity contribution in [3.05, 3.63) is 63.2 Å². The van der Waals surface area contributed by atoms with E-state index in [4.69, 9.17) is 50.4 Å². The van der Waals surface area contributed by atoms with Gasteiger partial charge in [-0.3, -0.25) is 48.1 Å². The molecule has 2 saturated heterocycles. The summed E-state index contributed by atoms with van der Waals surface area (Å²) in [5.41, 5.74) is 4.61. The van der Waals surface area contributed by atoms with Crippen molar-refractivity contribution < 1.29 is 99.4 Å². The standard InChI is InChI=1S/C17H23N5O6.C10H16N5O14P3.C7H4ClO3P.2CH4/c1-7(2)14(25)20-17-19-13-11(15(26)21-17)18-6-22(13)16-12(27-9(4)24)8(3)10(5-23)28-16;11-10-13-7-4(8(18)14-10)12-2-15(7)9-6(17)5(16)3(27-9)1-26-31(22,23)29-32(24,25)28-30(19,20)21;8-12-10-6-4-2-1-3-5(6)7(9)11-12;;/h6-8,10,12,16,23H,5H2,1-4H3,(H2,19,20,21,25,26);2-3,5-6,9,16-17H,1H2,(H,22,23)(H,24,25)(H2,19,20,21)(H3,11,13,14,18);1-4H;2*1H4/t8-,10+,12+,16+;3-,5+,6-,9-;;;/m01.../s1. The number of halogens is 1. The SMILES string of the molecule is C.C.CC(=O)O[C@@H]1[C@@H](C)[C@@H](CO)O[C@H]1n1cnc2c(=O)[nH]c(NC(=O)C(C)C)nc21.Nc1nc2c(ncn2[C@@H]2O[C@H](COP(=O)(O)OP(=O)(O)OP(=O)(O)O)[C@H](O)[C@H]2O)c(=O)[nH]1.O=C1OP(Cl)Oc2ccccc21. The number of nitrogens with one attached hydrogen (secondary N) is 3. The number of ether oxygens (including phenoxy) is 3. The lowest BCUT2D eigenvalue weighted by Crippen LogP contribution is -2.33. The van der Waals surface area contributed by atoms with Gasteiger partial charge in [-0.25, -0.2) is 28.5 Å². The molecule has 410 valence electrons. The average molecular weight is 1150 g/mol.